The molecule has 31 heavy (non-hydrogen) atoms. The number of benzene rings is 1. The highest BCUT2D eigenvalue weighted by Gasteiger charge is 2.35. The first kappa shape index (κ1) is 21.7. The zero-order valence-electron chi connectivity index (χ0n) is 17.8. The lowest BCUT2D eigenvalue weighted by Gasteiger charge is -2.27. The average molecular weight is 446 g/mol. The largest absolute Gasteiger partial charge is 0.472 e. The highest BCUT2D eigenvalue weighted by molar-refractivity contribution is 7.89. The van der Waals surface area contributed by atoms with Crippen molar-refractivity contribution in [3.63, 3.8) is 0 Å². The maximum Gasteiger partial charge on any atom is 0.259 e. The average Bonchev–Trinajstić information content (AvgIpc) is 3.25. The molecule has 0 spiro atoms. The van der Waals surface area contributed by atoms with Crippen molar-refractivity contribution in [2.75, 3.05) is 39.4 Å². The Hall–Kier alpha value is -2.49. The number of nitrogens with zero attached hydrogens (tertiary/aromatic N) is 3. The Kier molecular flexibility index (Phi) is 6.27. The Morgan fingerprint density at radius 3 is 2.65 bits per heavy atom. The van der Waals surface area contributed by atoms with Crippen molar-refractivity contribution >= 4 is 15.9 Å². The van der Waals surface area contributed by atoms with E-state index in [0.717, 1.165) is 11.1 Å². The third-order valence-corrected chi connectivity index (χ3v) is 7.66. The summed E-state index contributed by atoms with van der Waals surface area (Å²) in [6.45, 7) is 6.51. The van der Waals surface area contributed by atoms with Crippen LogP contribution < -0.4 is 4.74 Å². The fraction of sp³-hybridized carbons (Fsp3) is 0.455. The van der Waals surface area contributed by atoms with Gasteiger partial charge in [-0.05, 0) is 55.7 Å². The number of sulfonamides is 1. The lowest BCUT2D eigenvalue weighted by Crippen LogP contribution is -2.41. The Morgan fingerprint density at radius 1 is 1.13 bits per heavy atom. The van der Waals surface area contributed by atoms with Crippen LogP contribution in [0.1, 0.15) is 27.9 Å². The third kappa shape index (κ3) is 4.58. The summed E-state index contributed by atoms with van der Waals surface area (Å²) in [6.07, 6.45) is 1.74. The van der Waals surface area contributed by atoms with E-state index in [1.165, 1.54) is 4.31 Å². The Balaban J connectivity index is 1.47. The Labute approximate surface area is 182 Å². The molecule has 2 aliphatic heterocycles. The van der Waals surface area contributed by atoms with E-state index >= 15 is 0 Å². The quantitative estimate of drug-likeness (QED) is 0.700. The van der Waals surface area contributed by atoms with Gasteiger partial charge in [0.1, 0.15) is 11.7 Å². The molecule has 3 heterocycles. The normalized spacial score (nSPS) is 20.1. The fourth-order valence-electron chi connectivity index (χ4n) is 3.78. The minimum absolute atomic E-state index is 0.149. The molecule has 0 aliphatic carbocycles. The number of ether oxygens (including phenoxy) is 2. The van der Waals surface area contributed by atoms with Crippen LogP contribution in [0, 0.1) is 13.8 Å². The van der Waals surface area contributed by atoms with Crippen LogP contribution in [0.2, 0.25) is 0 Å². The SMILES string of the molecule is Cc1ccc(S(=O)(=O)N2CCC(Oc3ncccc3C(=O)N3CCOCC3)C2)cc1C. The molecule has 2 aromatic rings. The Bertz CT molecular complexity index is 1070. The zero-order chi connectivity index (χ0) is 22.0. The van der Waals surface area contributed by atoms with Crippen LogP contribution in [0.3, 0.4) is 0 Å². The van der Waals surface area contributed by atoms with Crippen molar-refractivity contribution in [3.05, 3.63) is 53.2 Å². The maximum absolute atomic E-state index is 13.1. The number of rotatable bonds is 5. The predicted octanol–water partition coefficient (Wildman–Crippen LogP) is 2.01. The van der Waals surface area contributed by atoms with Gasteiger partial charge in [0.05, 0.1) is 24.7 Å². The van der Waals surface area contributed by atoms with Gasteiger partial charge < -0.3 is 14.4 Å². The molecule has 2 aliphatic rings. The van der Waals surface area contributed by atoms with E-state index in [-0.39, 0.29) is 29.3 Å². The first-order valence-corrected chi connectivity index (χ1v) is 11.9. The summed E-state index contributed by atoms with van der Waals surface area (Å²) < 4.78 is 38.9. The standard InChI is InChI=1S/C22H27N3O5S/c1-16-5-6-19(14-17(16)2)31(27,28)25-9-7-18(15-25)30-21-20(4-3-8-23-21)22(26)24-10-12-29-13-11-24/h3-6,8,14,18H,7,9-13,15H2,1-2H3. The number of carbonyl (C=O) groups is 1. The van der Waals surface area contributed by atoms with Crippen LogP contribution in [-0.4, -0.2) is 74.0 Å². The van der Waals surface area contributed by atoms with Gasteiger partial charge in [-0.2, -0.15) is 4.31 Å². The van der Waals surface area contributed by atoms with Gasteiger partial charge in [-0.3, -0.25) is 4.79 Å². The minimum atomic E-state index is -3.60. The van der Waals surface area contributed by atoms with Crippen LogP contribution in [0.25, 0.3) is 0 Å². The molecule has 2 fully saturated rings. The lowest BCUT2D eigenvalue weighted by atomic mass is 10.1. The van der Waals surface area contributed by atoms with E-state index in [1.54, 1.807) is 35.4 Å². The molecule has 2 saturated heterocycles. The second kappa shape index (κ2) is 8.94. The number of hydrogen-bond donors (Lipinski definition) is 0. The number of aromatic nitrogens is 1. The number of carbonyl (C=O) groups excluding carboxylic acids is 1. The highest BCUT2D eigenvalue weighted by Crippen LogP contribution is 2.26. The summed E-state index contributed by atoms with van der Waals surface area (Å²) in [5.41, 5.74) is 2.38. The number of hydrogen-bond acceptors (Lipinski definition) is 6. The van der Waals surface area contributed by atoms with Gasteiger partial charge in [0, 0.05) is 25.8 Å². The molecule has 166 valence electrons. The molecule has 0 N–H and O–H groups in total. The van der Waals surface area contributed by atoms with Gasteiger partial charge in [0.15, 0.2) is 0 Å². The van der Waals surface area contributed by atoms with Gasteiger partial charge in [-0.15, -0.1) is 0 Å². The van der Waals surface area contributed by atoms with Gasteiger partial charge >= 0.3 is 0 Å². The fourth-order valence-corrected chi connectivity index (χ4v) is 5.35. The van der Waals surface area contributed by atoms with Gasteiger partial charge in [-0.1, -0.05) is 6.07 Å². The summed E-state index contributed by atoms with van der Waals surface area (Å²) in [5, 5.41) is 0. The van der Waals surface area contributed by atoms with Crippen LogP contribution in [0.15, 0.2) is 41.4 Å². The monoisotopic (exact) mass is 445 g/mol. The van der Waals surface area contributed by atoms with E-state index < -0.39 is 10.0 Å². The first-order valence-electron chi connectivity index (χ1n) is 10.4. The van der Waals surface area contributed by atoms with E-state index in [9.17, 15) is 13.2 Å². The molecule has 1 amide bonds. The second-order valence-electron chi connectivity index (χ2n) is 7.90. The van der Waals surface area contributed by atoms with Gasteiger partial charge in [-0.25, -0.2) is 13.4 Å². The Morgan fingerprint density at radius 2 is 1.90 bits per heavy atom. The van der Waals surface area contributed by atoms with Crippen LogP contribution in [0.5, 0.6) is 5.88 Å². The molecule has 1 aromatic heterocycles. The maximum atomic E-state index is 13.1. The highest BCUT2D eigenvalue weighted by atomic mass is 32.2. The second-order valence-corrected chi connectivity index (χ2v) is 9.84. The molecule has 4 rings (SSSR count). The van der Waals surface area contributed by atoms with E-state index in [4.69, 9.17) is 9.47 Å². The molecule has 0 bridgehead atoms. The van der Waals surface area contributed by atoms with Crippen LogP contribution >= 0.6 is 0 Å². The number of aryl methyl sites for hydroxylation is 2. The molecule has 1 atom stereocenters. The summed E-state index contributed by atoms with van der Waals surface area (Å²) >= 11 is 0. The molecule has 0 saturated carbocycles. The summed E-state index contributed by atoms with van der Waals surface area (Å²) in [6, 6.07) is 8.56. The van der Waals surface area contributed by atoms with Crippen LogP contribution in [0.4, 0.5) is 0 Å². The van der Waals surface area contributed by atoms with Crippen molar-refractivity contribution in [2.24, 2.45) is 0 Å². The number of pyridine rings is 1. The van der Waals surface area contributed by atoms with Crippen molar-refractivity contribution in [1.82, 2.24) is 14.2 Å². The topological polar surface area (TPSA) is 89.0 Å². The van der Waals surface area contributed by atoms with Crippen molar-refractivity contribution in [1.29, 1.82) is 0 Å². The molecule has 8 nitrogen and oxygen atoms in total. The molecular formula is C22H27N3O5S. The number of morpholine rings is 1. The first-order chi connectivity index (χ1) is 14.9. The van der Waals surface area contributed by atoms with Crippen molar-refractivity contribution in [2.45, 2.75) is 31.3 Å². The summed E-state index contributed by atoms with van der Waals surface area (Å²) in [7, 11) is -3.60. The number of amides is 1. The van der Waals surface area contributed by atoms with Gasteiger partial charge in [0.25, 0.3) is 5.91 Å². The minimum Gasteiger partial charge on any atom is -0.472 e. The van der Waals surface area contributed by atoms with Crippen molar-refractivity contribution in [3.8, 4) is 5.88 Å². The predicted molar refractivity (Wildman–Crippen MR) is 115 cm³/mol. The molecular weight excluding hydrogens is 418 g/mol. The smallest absolute Gasteiger partial charge is 0.259 e. The molecule has 1 aromatic carbocycles. The van der Waals surface area contributed by atoms with Gasteiger partial charge in [0.2, 0.25) is 15.9 Å². The summed E-state index contributed by atoms with van der Waals surface area (Å²) in [4.78, 5) is 19.2. The van der Waals surface area contributed by atoms with E-state index in [2.05, 4.69) is 4.98 Å². The van der Waals surface area contributed by atoms with Crippen molar-refractivity contribution < 1.29 is 22.7 Å². The zero-order valence-corrected chi connectivity index (χ0v) is 18.6. The molecule has 1 unspecified atom stereocenters. The molecule has 0 radical (unpaired) electrons. The van der Waals surface area contributed by atoms with E-state index in [1.807, 2.05) is 19.9 Å². The van der Waals surface area contributed by atoms with Crippen LogP contribution in [-0.2, 0) is 14.8 Å². The summed E-state index contributed by atoms with van der Waals surface area (Å²) in [5.74, 6) is 0.0958. The third-order valence-electron chi connectivity index (χ3n) is 5.80. The van der Waals surface area contributed by atoms with E-state index in [0.29, 0.717) is 44.8 Å². The molecule has 9 heteroatoms. The lowest BCUT2D eigenvalue weighted by molar-refractivity contribution is 0.0298.